The Hall–Kier alpha value is -1.41. The molecule has 0 saturated heterocycles. The molecule has 90 valence electrons. The average molecular weight is 228 g/mol. The Kier molecular flexibility index (Phi) is 3.16. The molecule has 0 amide bonds. The third kappa shape index (κ3) is 2.64. The minimum atomic E-state index is 0.113. The Morgan fingerprint density at radius 3 is 2.65 bits per heavy atom. The van der Waals surface area contributed by atoms with Crippen molar-refractivity contribution in [1.29, 1.82) is 0 Å². The third-order valence-corrected chi connectivity index (χ3v) is 3.19. The van der Waals surface area contributed by atoms with E-state index in [1.54, 1.807) is 0 Å². The number of nitrogens with zero attached hydrogens (tertiary/aromatic N) is 1. The first-order valence-corrected chi connectivity index (χ1v) is 6.07. The van der Waals surface area contributed by atoms with Crippen molar-refractivity contribution < 1.29 is 0 Å². The van der Waals surface area contributed by atoms with Crippen LogP contribution in [0.15, 0.2) is 30.3 Å². The van der Waals surface area contributed by atoms with Gasteiger partial charge in [-0.25, -0.2) is 0 Å². The van der Waals surface area contributed by atoms with Crippen LogP contribution in [-0.4, -0.2) is 11.5 Å². The van der Waals surface area contributed by atoms with Gasteiger partial charge in [0.1, 0.15) is 0 Å². The molecular formula is C15H20N2. The van der Waals surface area contributed by atoms with Crippen LogP contribution in [0, 0.1) is 12.3 Å². The van der Waals surface area contributed by atoms with E-state index in [0.29, 0.717) is 6.54 Å². The first-order chi connectivity index (χ1) is 8.02. The molecule has 2 rings (SSSR count). The van der Waals surface area contributed by atoms with E-state index in [0.717, 1.165) is 17.6 Å². The van der Waals surface area contributed by atoms with Crippen LogP contribution in [0.2, 0.25) is 0 Å². The molecule has 2 N–H and O–H groups in total. The van der Waals surface area contributed by atoms with E-state index >= 15 is 0 Å². The van der Waals surface area contributed by atoms with Crippen LogP contribution in [0.3, 0.4) is 0 Å². The number of nitrogens with two attached hydrogens (primary N) is 1. The second-order valence-electron chi connectivity index (χ2n) is 5.49. The summed E-state index contributed by atoms with van der Waals surface area (Å²) < 4.78 is 0. The van der Waals surface area contributed by atoms with Crippen molar-refractivity contribution in [3.63, 3.8) is 0 Å². The van der Waals surface area contributed by atoms with Gasteiger partial charge in [-0.3, -0.25) is 4.98 Å². The number of rotatable bonds is 3. The third-order valence-electron chi connectivity index (χ3n) is 3.19. The summed E-state index contributed by atoms with van der Waals surface area (Å²) in [4.78, 5) is 4.71. The molecule has 1 aromatic carbocycles. The van der Waals surface area contributed by atoms with Crippen molar-refractivity contribution in [1.82, 2.24) is 4.98 Å². The molecule has 0 bridgehead atoms. The van der Waals surface area contributed by atoms with Gasteiger partial charge in [-0.05, 0) is 43.0 Å². The standard InChI is InChI=1S/C15H20N2/c1-11-8-12(9-15(2,3)10-16)17-14-7-5-4-6-13(11)14/h4-8H,9-10,16H2,1-3H3. The minimum Gasteiger partial charge on any atom is -0.330 e. The zero-order valence-corrected chi connectivity index (χ0v) is 10.8. The van der Waals surface area contributed by atoms with Gasteiger partial charge in [-0.1, -0.05) is 32.0 Å². The molecule has 1 heterocycles. The lowest BCUT2D eigenvalue weighted by Crippen LogP contribution is -2.26. The van der Waals surface area contributed by atoms with Crippen molar-refractivity contribution in [2.24, 2.45) is 11.1 Å². The number of pyridine rings is 1. The zero-order valence-electron chi connectivity index (χ0n) is 10.8. The summed E-state index contributed by atoms with van der Waals surface area (Å²) in [6, 6.07) is 10.5. The van der Waals surface area contributed by atoms with Crippen molar-refractivity contribution >= 4 is 10.9 Å². The minimum absolute atomic E-state index is 0.113. The maximum absolute atomic E-state index is 5.78. The first kappa shape index (κ1) is 12.1. The molecule has 0 atom stereocenters. The highest BCUT2D eigenvalue weighted by atomic mass is 14.7. The number of benzene rings is 1. The smallest absolute Gasteiger partial charge is 0.0707 e. The Morgan fingerprint density at radius 1 is 1.24 bits per heavy atom. The van der Waals surface area contributed by atoms with Crippen LogP contribution in [0.25, 0.3) is 10.9 Å². The fourth-order valence-corrected chi connectivity index (χ4v) is 2.07. The van der Waals surface area contributed by atoms with Gasteiger partial charge < -0.3 is 5.73 Å². The summed E-state index contributed by atoms with van der Waals surface area (Å²) >= 11 is 0. The lowest BCUT2D eigenvalue weighted by atomic mass is 9.87. The van der Waals surface area contributed by atoms with Crippen LogP contribution in [-0.2, 0) is 6.42 Å². The SMILES string of the molecule is Cc1cc(CC(C)(C)CN)nc2ccccc12. The average Bonchev–Trinajstić information content (AvgIpc) is 2.28. The quantitative estimate of drug-likeness (QED) is 0.876. The number of hydrogen-bond acceptors (Lipinski definition) is 2. The topological polar surface area (TPSA) is 38.9 Å². The van der Waals surface area contributed by atoms with E-state index in [2.05, 4.69) is 45.0 Å². The van der Waals surface area contributed by atoms with Gasteiger partial charge in [0.05, 0.1) is 5.52 Å². The van der Waals surface area contributed by atoms with Crippen molar-refractivity contribution in [2.75, 3.05) is 6.54 Å². The number of aryl methyl sites for hydroxylation is 1. The largest absolute Gasteiger partial charge is 0.330 e. The summed E-state index contributed by atoms with van der Waals surface area (Å²) in [5.41, 5.74) is 9.40. The molecule has 0 aliphatic heterocycles. The fourth-order valence-electron chi connectivity index (χ4n) is 2.07. The zero-order chi connectivity index (χ0) is 12.5. The molecule has 1 aromatic heterocycles. The number of hydrogen-bond donors (Lipinski definition) is 1. The summed E-state index contributed by atoms with van der Waals surface area (Å²) in [6.07, 6.45) is 0.926. The second kappa shape index (κ2) is 4.46. The van der Waals surface area contributed by atoms with E-state index in [9.17, 15) is 0 Å². The highest BCUT2D eigenvalue weighted by Crippen LogP contribution is 2.23. The number of para-hydroxylation sites is 1. The Morgan fingerprint density at radius 2 is 1.94 bits per heavy atom. The van der Waals surface area contributed by atoms with Gasteiger partial charge >= 0.3 is 0 Å². The molecule has 2 aromatic rings. The predicted octanol–water partition coefficient (Wildman–Crippen LogP) is 3.07. The van der Waals surface area contributed by atoms with Crippen molar-refractivity contribution in [2.45, 2.75) is 27.2 Å². The molecule has 2 nitrogen and oxygen atoms in total. The monoisotopic (exact) mass is 228 g/mol. The fraction of sp³-hybridized carbons (Fsp3) is 0.400. The van der Waals surface area contributed by atoms with Gasteiger partial charge in [-0.15, -0.1) is 0 Å². The van der Waals surface area contributed by atoms with E-state index < -0.39 is 0 Å². The van der Waals surface area contributed by atoms with Crippen LogP contribution in [0.4, 0.5) is 0 Å². The highest BCUT2D eigenvalue weighted by molar-refractivity contribution is 5.82. The van der Waals surface area contributed by atoms with Gasteiger partial charge in [0.25, 0.3) is 0 Å². The second-order valence-corrected chi connectivity index (χ2v) is 5.49. The number of fused-ring (bicyclic) bond motifs is 1. The molecule has 0 aliphatic carbocycles. The van der Waals surface area contributed by atoms with Crippen molar-refractivity contribution in [3.8, 4) is 0 Å². The summed E-state index contributed by atoms with van der Waals surface area (Å²) in [5.74, 6) is 0. The summed E-state index contributed by atoms with van der Waals surface area (Å²) in [6.45, 7) is 7.18. The maximum Gasteiger partial charge on any atom is 0.0707 e. The van der Waals surface area contributed by atoms with Gasteiger partial charge in [-0.2, -0.15) is 0 Å². The normalized spacial score (nSPS) is 12.0. The van der Waals surface area contributed by atoms with Crippen LogP contribution in [0.5, 0.6) is 0 Å². The van der Waals surface area contributed by atoms with E-state index in [1.807, 2.05) is 6.07 Å². The molecule has 17 heavy (non-hydrogen) atoms. The lowest BCUT2D eigenvalue weighted by molar-refractivity contribution is 0.373. The number of aromatic nitrogens is 1. The maximum atomic E-state index is 5.78. The summed E-state index contributed by atoms with van der Waals surface area (Å²) in [7, 11) is 0. The molecule has 2 heteroatoms. The molecule has 0 radical (unpaired) electrons. The first-order valence-electron chi connectivity index (χ1n) is 6.07. The summed E-state index contributed by atoms with van der Waals surface area (Å²) in [5, 5.41) is 1.24. The molecule has 0 fully saturated rings. The van der Waals surface area contributed by atoms with E-state index in [-0.39, 0.29) is 5.41 Å². The van der Waals surface area contributed by atoms with Crippen molar-refractivity contribution in [3.05, 3.63) is 41.6 Å². The Balaban J connectivity index is 2.43. The Bertz CT molecular complexity index is 529. The van der Waals surface area contributed by atoms with Crippen LogP contribution in [0.1, 0.15) is 25.1 Å². The molecule has 0 saturated carbocycles. The van der Waals surface area contributed by atoms with E-state index in [1.165, 1.54) is 10.9 Å². The molecule has 0 aliphatic rings. The molecule has 0 unspecified atom stereocenters. The van der Waals surface area contributed by atoms with Crippen LogP contribution < -0.4 is 5.73 Å². The molecular weight excluding hydrogens is 208 g/mol. The van der Waals surface area contributed by atoms with Gasteiger partial charge in [0.2, 0.25) is 0 Å². The van der Waals surface area contributed by atoms with E-state index in [4.69, 9.17) is 10.7 Å². The lowest BCUT2D eigenvalue weighted by Gasteiger charge is -2.22. The van der Waals surface area contributed by atoms with Gasteiger partial charge in [0.15, 0.2) is 0 Å². The molecule has 0 spiro atoms. The van der Waals surface area contributed by atoms with Gasteiger partial charge in [0, 0.05) is 11.1 Å². The highest BCUT2D eigenvalue weighted by Gasteiger charge is 2.17. The Labute approximate surface area is 103 Å². The van der Waals surface area contributed by atoms with Crippen LogP contribution >= 0.6 is 0 Å². The predicted molar refractivity (Wildman–Crippen MR) is 73.0 cm³/mol.